The summed E-state index contributed by atoms with van der Waals surface area (Å²) in [4.78, 5) is 12.0. The van der Waals surface area contributed by atoms with Crippen LogP contribution in [-0.2, 0) is 6.54 Å². The van der Waals surface area contributed by atoms with Crippen molar-refractivity contribution < 1.29 is 4.79 Å². The van der Waals surface area contributed by atoms with Gasteiger partial charge in [0.1, 0.15) is 0 Å². The molecule has 3 rings (SSSR count). The first-order chi connectivity index (χ1) is 10.1. The Morgan fingerprint density at radius 1 is 1.05 bits per heavy atom. The molecule has 2 heteroatoms. The SMILES string of the molecule is CC(C)C(=O)c1ccn(Cc2cccc3ccccc23)c1. The number of benzene rings is 2. The van der Waals surface area contributed by atoms with E-state index >= 15 is 0 Å². The van der Waals surface area contributed by atoms with E-state index in [2.05, 4.69) is 47.0 Å². The predicted octanol–water partition coefficient (Wildman–Crippen LogP) is 4.53. The van der Waals surface area contributed by atoms with Gasteiger partial charge in [-0.15, -0.1) is 0 Å². The molecular formula is C19H19NO. The molecule has 106 valence electrons. The molecule has 0 aliphatic rings. The van der Waals surface area contributed by atoms with Gasteiger partial charge in [0.05, 0.1) is 0 Å². The molecule has 0 fully saturated rings. The first-order valence-corrected chi connectivity index (χ1v) is 7.32. The van der Waals surface area contributed by atoms with Gasteiger partial charge < -0.3 is 4.57 Å². The fourth-order valence-electron chi connectivity index (χ4n) is 2.65. The highest BCUT2D eigenvalue weighted by atomic mass is 16.1. The van der Waals surface area contributed by atoms with Gasteiger partial charge in [-0.25, -0.2) is 0 Å². The van der Waals surface area contributed by atoms with Gasteiger partial charge in [0, 0.05) is 30.4 Å². The summed E-state index contributed by atoms with van der Waals surface area (Å²) in [6.07, 6.45) is 3.93. The number of hydrogen-bond acceptors (Lipinski definition) is 1. The number of nitrogens with zero attached hydrogens (tertiary/aromatic N) is 1. The third kappa shape index (κ3) is 2.75. The van der Waals surface area contributed by atoms with E-state index in [9.17, 15) is 4.79 Å². The molecule has 2 nitrogen and oxygen atoms in total. The van der Waals surface area contributed by atoms with Crippen molar-refractivity contribution in [2.24, 2.45) is 5.92 Å². The lowest BCUT2D eigenvalue weighted by molar-refractivity contribution is 0.0939. The zero-order valence-electron chi connectivity index (χ0n) is 12.4. The topological polar surface area (TPSA) is 22.0 Å². The number of carbonyl (C=O) groups is 1. The minimum Gasteiger partial charge on any atom is -0.349 e. The summed E-state index contributed by atoms with van der Waals surface area (Å²) < 4.78 is 2.08. The molecule has 0 bridgehead atoms. The lowest BCUT2D eigenvalue weighted by Gasteiger charge is -2.07. The van der Waals surface area contributed by atoms with Crippen molar-refractivity contribution in [3.8, 4) is 0 Å². The van der Waals surface area contributed by atoms with Crippen LogP contribution in [-0.4, -0.2) is 10.4 Å². The summed E-state index contributed by atoms with van der Waals surface area (Å²) in [6, 6.07) is 16.7. The van der Waals surface area contributed by atoms with Crippen LogP contribution in [0.15, 0.2) is 60.9 Å². The van der Waals surface area contributed by atoms with Crippen molar-refractivity contribution in [3.05, 3.63) is 72.1 Å². The van der Waals surface area contributed by atoms with E-state index in [-0.39, 0.29) is 11.7 Å². The zero-order chi connectivity index (χ0) is 14.8. The van der Waals surface area contributed by atoms with E-state index in [4.69, 9.17) is 0 Å². The number of aromatic nitrogens is 1. The van der Waals surface area contributed by atoms with Gasteiger partial charge in [-0.2, -0.15) is 0 Å². The van der Waals surface area contributed by atoms with Crippen molar-refractivity contribution in [2.75, 3.05) is 0 Å². The smallest absolute Gasteiger partial charge is 0.166 e. The van der Waals surface area contributed by atoms with Crippen LogP contribution in [0, 0.1) is 5.92 Å². The van der Waals surface area contributed by atoms with Crippen LogP contribution in [0.5, 0.6) is 0 Å². The van der Waals surface area contributed by atoms with E-state index < -0.39 is 0 Å². The third-order valence-electron chi connectivity index (χ3n) is 3.79. The Balaban J connectivity index is 1.91. The Hall–Kier alpha value is -2.35. The predicted molar refractivity (Wildman–Crippen MR) is 86.7 cm³/mol. The number of fused-ring (bicyclic) bond motifs is 1. The average molecular weight is 277 g/mol. The number of carbonyl (C=O) groups excluding carboxylic acids is 1. The van der Waals surface area contributed by atoms with Crippen LogP contribution in [0.2, 0.25) is 0 Å². The molecular weight excluding hydrogens is 258 g/mol. The molecule has 1 aromatic heterocycles. The highest BCUT2D eigenvalue weighted by Crippen LogP contribution is 2.20. The normalized spacial score (nSPS) is 11.2. The molecule has 0 saturated carbocycles. The lowest BCUT2D eigenvalue weighted by atomic mass is 10.0. The van der Waals surface area contributed by atoms with Crippen molar-refractivity contribution in [1.29, 1.82) is 0 Å². The second-order valence-electron chi connectivity index (χ2n) is 5.73. The fraction of sp³-hybridized carbons (Fsp3) is 0.211. The van der Waals surface area contributed by atoms with Gasteiger partial charge in [0.25, 0.3) is 0 Å². The van der Waals surface area contributed by atoms with Gasteiger partial charge in [-0.05, 0) is 22.4 Å². The molecule has 21 heavy (non-hydrogen) atoms. The highest BCUT2D eigenvalue weighted by Gasteiger charge is 2.11. The minimum absolute atomic E-state index is 0.0402. The average Bonchev–Trinajstić information content (AvgIpc) is 2.95. The maximum atomic E-state index is 12.0. The maximum Gasteiger partial charge on any atom is 0.166 e. The van der Waals surface area contributed by atoms with E-state index in [0.29, 0.717) is 0 Å². The molecule has 0 aliphatic heterocycles. The molecule has 0 radical (unpaired) electrons. The van der Waals surface area contributed by atoms with Crippen molar-refractivity contribution in [3.63, 3.8) is 0 Å². The van der Waals surface area contributed by atoms with Gasteiger partial charge in [-0.1, -0.05) is 56.3 Å². The van der Waals surface area contributed by atoms with E-state index in [1.807, 2.05) is 32.3 Å². The fourth-order valence-corrected chi connectivity index (χ4v) is 2.65. The van der Waals surface area contributed by atoms with Crippen molar-refractivity contribution >= 4 is 16.6 Å². The monoisotopic (exact) mass is 277 g/mol. The van der Waals surface area contributed by atoms with E-state index in [0.717, 1.165) is 12.1 Å². The van der Waals surface area contributed by atoms with Crippen LogP contribution in [0.1, 0.15) is 29.8 Å². The van der Waals surface area contributed by atoms with Crippen LogP contribution < -0.4 is 0 Å². The second-order valence-corrected chi connectivity index (χ2v) is 5.73. The van der Waals surface area contributed by atoms with Crippen LogP contribution in [0.3, 0.4) is 0 Å². The largest absolute Gasteiger partial charge is 0.349 e. The Labute approximate surface area is 125 Å². The summed E-state index contributed by atoms with van der Waals surface area (Å²) in [5.41, 5.74) is 2.07. The summed E-state index contributed by atoms with van der Waals surface area (Å²) in [5, 5.41) is 2.52. The number of rotatable bonds is 4. The summed E-state index contributed by atoms with van der Waals surface area (Å²) in [6.45, 7) is 4.65. The molecule has 1 heterocycles. The van der Waals surface area contributed by atoms with E-state index in [1.54, 1.807) is 0 Å². The number of hydrogen-bond donors (Lipinski definition) is 0. The molecule has 3 aromatic rings. The molecule has 0 amide bonds. The van der Waals surface area contributed by atoms with E-state index in [1.165, 1.54) is 16.3 Å². The first kappa shape index (κ1) is 13.6. The molecule has 0 spiro atoms. The summed E-state index contributed by atoms with van der Waals surface area (Å²) in [7, 11) is 0. The Morgan fingerprint density at radius 3 is 2.62 bits per heavy atom. The molecule has 2 aromatic carbocycles. The van der Waals surface area contributed by atoms with Crippen molar-refractivity contribution in [1.82, 2.24) is 4.57 Å². The van der Waals surface area contributed by atoms with Gasteiger partial charge in [-0.3, -0.25) is 4.79 Å². The third-order valence-corrected chi connectivity index (χ3v) is 3.79. The molecule has 0 aliphatic carbocycles. The number of Topliss-reactive ketones (excluding diaryl/α,β-unsaturated/α-hetero) is 1. The quantitative estimate of drug-likeness (QED) is 0.642. The number of ketones is 1. The first-order valence-electron chi connectivity index (χ1n) is 7.32. The molecule has 0 atom stereocenters. The van der Waals surface area contributed by atoms with Crippen LogP contribution in [0.4, 0.5) is 0 Å². The van der Waals surface area contributed by atoms with Crippen molar-refractivity contribution in [2.45, 2.75) is 20.4 Å². The second kappa shape index (κ2) is 5.57. The Kier molecular flexibility index (Phi) is 3.61. The summed E-state index contributed by atoms with van der Waals surface area (Å²) in [5.74, 6) is 0.241. The van der Waals surface area contributed by atoms with Gasteiger partial charge in [0.2, 0.25) is 0 Å². The van der Waals surface area contributed by atoms with Gasteiger partial charge in [0.15, 0.2) is 5.78 Å². The Morgan fingerprint density at radius 2 is 1.81 bits per heavy atom. The maximum absolute atomic E-state index is 12.0. The molecule has 0 N–H and O–H groups in total. The lowest BCUT2D eigenvalue weighted by Crippen LogP contribution is -2.06. The standard InChI is InChI=1S/C19H19NO/c1-14(2)19(21)17-10-11-20(13-17)12-16-8-5-7-15-6-3-4-9-18(15)16/h3-11,13-14H,12H2,1-2H3. The molecule has 0 unspecified atom stereocenters. The summed E-state index contributed by atoms with van der Waals surface area (Å²) >= 11 is 0. The zero-order valence-corrected chi connectivity index (χ0v) is 12.4. The van der Waals surface area contributed by atoms with Gasteiger partial charge >= 0.3 is 0 Å². The molecule has 0 saturated heterocycles. The highest BCUT2D eigenvalue weighted by molar-refractivity contribution is 5.97. The Bertz CT molecular complexity index is 778. The van der Waals surface area contributed by atoms with Crippen LogP contribution in [0.25, 0.3) is 10.8 Å². The minimum atomic E-state index is 0.0402. The van der Waals surface area contributed by atoms with Crippen LogP contribution >= 0.6 is 0 Å².